The first kappa shape index (κ1) is 15.3. The van der Waals surface area contributed by atoms with Crippen molar-refractivity contribution in [2.75, 3.05) is 24.6 Å². The molecule has 0 spiro atoms. The highest BCUT2D eigenvalue weighted by molar-refractivity contribution is 5.91. The molecule has 1 fully saturated rings. The Balaban J connectivity index is 1.89. The number of cyclic esters (lactones) is 1. The number of nitrogens with zero attached hydrogens (tertiary/aromatic N) is 2. The van der Waals surface area contributed by atoms with Gasteiger partial charge < -0.3 is 4.74 Å². The third kappa shape index (κ3) is 3.09. The monoisotopic (exact) mass is 306 g/mol. The van der Waals surface area contributed by atoms with Gasteiger partial charge in [0.05, 0.1) is 11.7 Å². The number of hydrogen-bond acceptors (Lipinski definition) is 3. The van der Waals surface area contributed by atoms with E-state index in [-0.39, 0.29) is 18.0 Å². The lowest BCUT2D eigenvalue weighted by atomic mass is 10.0. The van der Waals surface area contributed by atoms with E-state index in [0.717, 1.165) is 38.0 Å². The maximum atomic E-state index is 13.7. The molecule has 1 amide bonds. The summed E-state index contributed by atoms with van der Waals surface area (Å²) in [6.07, 6.45) is 1.65. The minimum absolute atomic E-state index is 0.00917. The number of benzene rings is 1. The molecule has 1 saturated heterocycles. The average Bonchev–Trinajstić information content (AvgIpc) is 2.81. The summed E-state index contributed by atoms with van der Waals surface area (Å²) in [5, 5.41) is 0. The van der Waals surface area contributed by atoms with Gasteiger partial charge in [-0.05, 0) is 43.0 Å². The van der Waals surface area contributed by atoms with Crippen LogP contribution < -0.4 is 4.90 Å². The highest BCUT2D eigenvalue weighted by Crippen LogP contribution is 2.32. The zero-order valence-electron chi connectivity index (χ0n) is 13.2. The summed E-state index contributed by atoms with van der Waals surface area (Å²) >= 11 is 0. The lowest BCUT2D eigenvalue weighted by Gasteiger charge is -2.32. The third-order valence-electron chi connectivity index (χ3n) is 4.46. The summed E-state index contributed by atoms with van der Waals surface area (Å²) < 4.78 is 18.9. The smallest absolute Gasteiger partial charge is 0.414 e. The number of carbonyl (C=O) groups is 1. The van der Waals surface area contributed by atoms with Crippen molar-refractivity contribution in [2.45, 2.75) is 39.3 Å². The zero-order chi connectivity index (χ0) is 15.7. The number of anilines is 1. The molecule has 0 N–H and O–H groups in total. The number of carbonyl (C=O) groups excluding carboxylic acids is 1. The SMILES string of the molecule is CC(C)CCN1CCC2COC(=O)N2c2cc(F)ccc2C1. The molecule has 2 aliphatic heterocycles. The molecule has 0 saturated carbocycles. The lowest BCUT2D eigenvalue weighted by Crippen LogP contribution is -2.40. The maximum Gasteiger partial charge on any atom is 0.414 e. The van der Waals surface area contributed by atoms with Gasteiger partial charge in [-0.15, -0.1) is 0 Å². The van der Waals surface area contributed by atoms with Crippen molar-refractivity contribution < 1.29 is 13.9 Å². The molecular formula is C17H23FN2O2. The van der Waals surface area contributed by atoms with Gasteiger partial charge in [0.25, 0.3) is 0 Å². The molecule has 4 nitrogen and oxygen atoms in total. The molecule has 0 radical (unpaired) electrons. The van der Waals surface area contributed by atoms with Crippen molar-refractivity contribution in [1.82, 2.24) is 4.90 Å². The summed E-state index contributed by atoms with van der Waals surface area (Å²) in [6.45, 7) is 7.54. The van der Waals surface area contributed by atoms with Gasteiger partial charge in [-0.1, -0.05) is 19.9 Å². The Morgan fingerprint density at radius 3 is 3.00 bits per heavy atom. The molecule has 0 aliphatic carbocycles. The first-order valence-corrected chi connectivity index (χ1v) is 8.01. The number of amides is 1. The number of rotatable bonds is 3. The topological polar surface area (TPSA) is 32.8 Å². The third-order valence-corrected chi connectivity index (χ3v) is 4.46. The van der Waals surface area contributed by atoms with Gasteiger partial charge in [0.15, 0.2) is 0 Å². The fourth-order valence-electron chi connectivity index (χ4n) is 3.15. The molecule has 1 unspecified atom stereocenters. The van der Waals surface area contributed by atoms with E-state index in [9.17, 15) is 9.18 Å². The Labute approximate surface area is 130 Å². The first-order valence-electron chi connectivity index (χ1n) is 8.01. The zero-order valence-corrected chi connectivity index (χ0v) is 13.2. The van der Waals surface area contributed by atoms with Crippen molar-refractivity contribution >= 4 is 11.8 Å². The highest BCUT2D eigenvalue weighted by Gasteiger charge is 2.37. The Bertz CT molecular complexity index is 562. The van der Waals surface area contributed by atoms with E-state index in [1.165, 1.54) is 12.1 Å². The standard InChI is InChI=1S/C17H23FN2O2/c1-12(2)5-7-19-8-6-15-11-22-17(21)20(15)16-9-14(18)4-3-13(16)10-19/h3-4,9,12,15H,5-8,10-11H2,1-2H3. The molecule has 1 aromatic carbocycles. The molecule has 1 atom stereocenters. The first-order chi connectivity index (χ1) is 10.5. The van der Waals surface area contributed by atoms with Crippen LogP contribution in [0.5, 0.6) is 0 Å². The number of ether oxygens (including phenoxy) is 1. The summed E-state index contributed by atoms with van der Waals surface area (Å²) in [7, 11) is 0. The lowest BCUT2D eigenvalue weighted by molar-refractivity contribution is 0.177. The second-order valence-corrected chi connectivity index (χ2v) is 6.62. The fraction of sp³-hybridized carbons (Fsp3) is 0.588. The van der Waals surface area contributed by atoms with Crippen LogP contribution in [-0.4, -0.2) is 36.7 Å². The van der Waals surface area contributed by atoms with Gasteiger partial charge in [-0.3, -0.25) is 9.80 Å². The van der Waals surface area contributed by atoms with Crippen LogP contribution in [0.2, 0.25) is 0 Å². The number of hydrogen-bond donors (Lipinski definition) is 0. The maximum absolute atomic E-state index is 13.7. The largest absolute Gasteiger partial charge is 0.447 e. The molecular weight excluding hydrogens is 283 g/mol. The quantitative estimate of drug-likeness (QED) is 0.858. The number of fused-ring (bicyclic) bond motifs is 3. The van der Waals surface area contributed by atoms with E-state index in [1.54, 1.807) is 11.0 Å². The van der Waals surface area contributed by atoms with Crippen LogP contribution >= 0.6 is 0 Å². The second kappa shape index (κ2) is 6.24. The van der Waals surface area contributed by atoms with Crippen molar-refractivity contribution in [3.63, 3.8) is 0 Å². The van der Waals surface area contributed by atoms with E-state index < -0.39 is 0 Å². The predicted molar refractivity (Wildman–Crippen MR) is 83.4 cm³/mol. The van der Waals surface area contributed by atoms with E-state index in [0.29, 0.717) is 18.2 Å². The molecule has 0 aromatic heterocycles. The van der Waals surface area contributed by atoms with E-state index >= 15 is 0 Å². The van der Waals surface area contributed by atoms with Crippen LogP contribution in [0.3, 0.4) is 0 Å². The Morgan fingerprint density at radius 1 is 1.41 bits per heavy atom. The molecule has 3 rings (SSSR count). The summed E-state index contributed by atoms with van der Waals surface area (Å²) in [4.78, 5) is 16.0. The van der Waals surface area contributed by atoms with Gasteiger partial charge in [0.1, 0.15) is 12.4 Å². The normalized spacial score (nSPS) is 22.1. The van der Waals surface area contributed by atoms with Crippen molar-refractivity contribution in [1.29, 1.82) is 0 Å². The van der Waals surface area contributed by atoms with Crippen molar-refractivity contribution in [2.24, 2.45) is 5.92 Å². The van der Waals surface area contributed by atoms with E-state index in [4.69, 9.17) is 4.74 Å². The second-order valence-electron chi connectivity index (χ2n) is 6.62. The van der Waals surface area contributed by atoms with Crippen LogP contribution in [0.1, 0.15) is 32.3 Å². The molecule has 2 aliphatic rings. The van der Waals surface area contributed by atoms with Crippen LogP contribution in [-0.2, 0) is 11.3 Å². The van der Waals surface area contributed by atoms with E-state index in [2.05, 4.69) is 18.7 Å². The van der Waals surface area contributed by atoms with Crippen LogP contribution in [0.4, 0.5) is 14.9 Å². The molecule has 2 heterocycles. The minimum Gasteiger partial charge on any atom is -0.447 e. The average molecular weight is 306 g/mol. The van der Waals surface area contributed by atoms with Crippen molar-refractivity contribution in [3.05, 3.63) is 29.6 Å². The summed E-state index contributed by atoms with van der Waals surface area (Å²) in [5.74, 6) is 0.345. The molecule has 120 valence electrons. The Hall–Kier alpha value is -1.62. The highest BCUT2D eigenvalue weighted by atomic mass is 19.1. The predicted octanol–water partition coefficient (Wildman–Crippen LogP) is 3.40. The van der Waals surface area contributed by atoms with Gasteiger partial charge in [-0.25, -0.2) is 9.18 Å². The molecule has 1 aromatic rings. The number of halogens is 1. The molecule has 22 heavy (non-hydrogen) atoms. The van der Waals surface area contributed by atoms with Gasteiger partial charge in [-0.2, -0.15) is 0 Å². The van der Waals surface area contributed by atoms with Gasteiger partial charge >= 0.3 is 6.09 Å². The molecule has 0 bridgehead atoms. The fourth-order valence-corrected chi connectivity index (χ4v) is 3.15. The summed E-state index contributed by atoms with van der Waals surface area (Å²) in [5.41, 5.74) is 1.66. The van der Waals surface area contributed by atoms with Gasteiger partial charge in [0.2, 0.25) is 0 Å². The Morgan fingerprint density at radius 2 is 2.23 bits per heavy atom. The Kier molecular flexibility index (Phi) is 4.34. The van der Waals surface area contributed by atoms with Crippen molar-refractivity contribution in [3.8, 4) is 0 Å². The van der Waals surface area contributed by atoms with Crippen LogP contribution in [0, 0.1) is 11.7 Å². The summed E-state index contributed by atoms with van der Waals surface area (Å²) in [6, 6.07) is 4.73. The van der Waals surface area contributed by atoms with Crippen LogP contribution in [0.15, 0.2) is 18.2 Å². The van der Waals surface area contributed by atoms with Gasteiger partial charge in [0, 0.05) is 13.1 Å². The van der Waals surface area contributed by atoms with Crippen LogP contribution in [0.25, 0.3) is 0 Å². The minimum atomic E-state index is -0.354. The molecule has 5 heteroatoms. The van der Waals surface area contributed by atoms with E-state index in [1.807, 2.05) is 0 Å².